The van der Waals surface area contributed by atoms with Crippen LogP contribution in [0.25, 0.3) is 0 Å². The van der Waals surface area contributed by atoms with Crippen LogP contribution in [0, 0.1) is 6.92 Å². The average molecular weight is 203 g/mol. The molecule has 0 aliphatic rings. The highest BCUT2D eigenvalue weighted by Gasteiger charge is 2.15. The molecule has 2 aromatic rings. The van der Waals surface area contributed by atoms with E-state index in [4.69, 9.17) is 4.42 Å². The van der Waals surface area contributed by atoms with Crippen molar-refractivity contribution in [3.05, 3.63) is 47.9 Å². The normalized spacial score (nSPS) is 12.7. The van der Waals surface area contributed by atoms with Gasteiger partial charge >= 0.3 is 0 Å². The van der Waals surface area contributed by atoms with Crippen LogP contribution in [0.1, 0.15) is 23.1 Å². The summed E-state index contributed by atoms with van der Waals surface area (Å²) in [5, 5.41) is 3.19. The highest BCUT2D eigenvalue weighted by atomic mass is 16.3. The van der Waals surface area contributed by atoms with E-state index in [-0.39, 0.29) is 6.04 Å². The minimum Gasteiger partial charge on any atom is -0.469 e. The van der Waals surface area contributed by atoms with Gasteiger partial charge in [-0.15, -0.1) is 0 Å². The lowest BCUT2D eigenvalue weighted by Crippen LogP contribution is -2.18. The first-order valence-electron chi connectivity index (χ1n) is 4.79. The van der Waals surface area contributed by atoms with Crippen LogP contribution in [0.2, 0.25) is 0 Å². The van der Waals surface area contributed by atoms with Crippen LogP contribution < -0.4 is 5.32 Å². The molecule has 0 saturated heterocycles. The molecular weight excluding hydrogens is 190 g/mol. The maximum atomic E-state index is 5.28. The smallest absolute Gasteiger partial charge is 0.101 e. The van der Waals surface area contributed by atoms with Gasteiger partial charge in [0.15, 0.2) is 0 Å². The molecule has 0 aliphatic carbocycles. The lowest BCUT2D eigenvalue weighted by Gasteiger charge is -2.12. The first-order chi connectivity index (χ1) is 7.31. The Morgan fingerprint density at radius 1 is 1.40 bits per heavy atom. The van der Waals surface area contributed by atoms with Crippen LogP contribution in [-0.4, -0.2) is 17.0 Å². The van der Waals surface area contributed by atoms with Crippen LogP contribution in [0.15, 0.2) is 35.3 Å². The van der Waals surface area contributed by atoms with Gasteiger partial charge < -0.3 is 9.73 Å². The number of nitrogens with zero attached hydrogens (tertiary/aromatic N) is 2. The number of aryl methyl sites for hydroxylation is 1. The van der Waals surface area contributed by atoms with Gasteiger partial charge in [-0.25, -0.2) is 0 Å². The predicted octanol–water partition coefficient (Wildman–Crippen LogP) is 1.69. The Morgan fingerprint density at radius 2 is 2.27 bits per heavy atom. The highest BCUT2D eigenvalue weighted by molar-refractivity contribution is 5.24. The van der Waals surface area contributed by atoms with E-state index in [1.165, 1.54) is 0 Å². The van der Waals surface area contributed by atoms with Crippen molar-refractivity contribution in [3.63, 3.8) is 0 Å². The summed E-state index contributed by atoms with van der Waals surface area (Å²) in [6.07, 6.45) is 6.85. The Kier molecular flexibility index (Phi) is 2.78. The van der Waals surface area contributed by atoms with Gasteiger partial charge in [-0.05, 0) is 20.0 Å². The van der Waals surface area contributed by atoms with Crippen molar-refractivity contribution < 1.29 is 4.42 Å². The van der Waals surface area contributed by atoms with E-state index >= 15 is 0 Å². The summed E-state index contributed by atoms with van der Waals surface area (Å²) in [5.74, 6) is 0.897. The topological polar surface area (TPSA) is 51.0 Å². The Morgan fingerprint density at radius 3 is 2.80 bits per heavy atom. The van der Waals surface area contributed by atoms with Crippen molar-refractivity contribution >= 4 is 0 Å². The summed E-state index contributed by atoms with van der Waals surface area (Å²) in [7, 11) is 1.89. The number of hydrogen-bond donors (Lipinski definition) is 1. The zero-order valence-electron chi connectivity index (χ0n) is 8.77. The molecule has 0 aromatic carbocycles. The van der Waals surface area contributed by atoms with Gasteiger partial charge in [0.1, 0.15) is 5.76 Å². The number of rotatable bonds is 3. The number of hydrogen-bond acceptors (Lipinski definition) is 4. The summed E-state index contributed by atoms with van der Waals surface area (Å²) in [4.78, 5) is 8.32. The van der Waals surface area contributed by atoms with E-state index in [1.54, 1.807) is 24.9 Å². The zero-order valence-corrected chi connectivity index (χ0v) is 8.77. The molecular formula is C11H13N3O. The maximum absolute atomic E-state index is 5.28. The third-order valence-corrected chi connectivity index (χ3v) is 2.25. The zero-order chi connectivity index (χ0) is 10.7. The number of nitrogens with one attached hydrogen (secondary N) is 1. The van der Waals surface area contributed by atoms with E-state index in [0.717, 1.165) is 17.0 Å². The molecule has 0 amide bonds. The summed E-state index contributed by atoms with van der Waals surface area (Å²) in [6.45, 7) is 1.92. The van der Waals surface area contributed by atoms with Crippen molar-refractivity contribution in [3.8, 4) is 0 Å². The summed E-state index contributed by atoms with van der Waals surface area (Å²) >= 11 is 0. The summed E-state index contributed by atoms with van der Waals surface area (Å²) in [6, 6.07) is 2.03. The molecule has 15 heavy (non-hydrogen) atoms. The second-order valence-electron chi connectivity index (χ2n) is 3.34. The first kappa shape index (κ1) is 9.86. The molecule has 0 bridgehead atoms. The van der Waals surface area contributed by atoms with E-state index in [2.05, 4.69) is 15.3 Å². The first-order valence-corrected chi connectivity index (χ1v) is 4.79. The van der Waals surface area contributed by atoms with E-state index in [0.29, 0.717) is 0 Å². The van der Waals surface area contributed by atoms with Gasteiger partial charge in [0.25, 0.3) is 0 Å². The number of furan rings is 1. The Hall–Kier alpha value is -1.68. The van der Waals surface area contributed by atoms with Crippen molar-refractivity contribution in [2.75, 3.05) is 7.05 Å². The lowest BCUT2D eigenvalue weighted by atomic mass is 10.1. The summed E-state index contributed by atoms with van der Waals surface area (Å²) in [5.41, 5.74) is 1.95. The quantitative estimate of drug-likeness (QED) is 0.824. The fourth-order valence-electron chi connectivity index (χ4n) is 1.56. The molecule has 2 rings (SSSR count). The van der Waals surface area contributed by atoms with Crippen LogP contribution in [0.3, 0.4) is 0 Å². The highest BCUT2D eigenvalue weighted by Crippen LogP contribution is 2.20. The van der Waals surface area contributed by atoms with Crippen molar-refractivity contribution in [2.24, 2.45) is 0 Å². The Labute approximate surface area is 88.4 Å². The molecule has 1 unspecified atom stereocenters. The Bertz CT molecular complexity index is 424. The molecule has 4 nitrogen and oxygen atoms in total. The number of aromatic nitrogens is 2. The standard InChI is InChI=1S/C11H13N3O/c1-8-5-9(7-15-8)11(12-2)10-6-13-3-4-14-10/h3-7,11-12H,1-2H3. The van der Waals surface area contributed by atoms with Crippen LogP contribution >= 0.6 is 0 Å². The van der Waals surface area contributed by atoms with E-state index < -0.39 is 0 Å². The molecule has 0 spiro atoms. The molecule has 0 saturated carbocycles. The fraction of sp³-hybridized carbons (Fsp3) is 0.273. The lowest BCUT2D eigenvalue weighted by molar-refractivity contribution is 0.527. The van der Waals surface area contributed by atoms with Gasteiger partial charge in [0.2, 0.25) is 0 Å². The third-order valence-electron chi connectivity index (χ3n) is 2.25. The fourth-order valence-corrected chi connectivity index (χ4v) is 1.56. The van der Waals surface area contributed by atoms with E-state index in [1.807, 2.05) is 20.0 Å². The van der Waals surface area contributed by atoms with Gasteiger partial charge in [-0.3, -0.25) is 9.97 Å². The molecule has 0 fully saturated rings. The van der Waals surface area contributed by atoms with Gasteiger partial charge in [0.05, 0.1) is 24.2 Å². The molecule has 1 atom stereocenters. The molecule has 78 valence electrons. The van der Waals surface area contributed by atoms with Gasteiger partial charge in [-0.1, -0.05) is 0 Å². The average Bonchev–Trinajstić information content (AvgIpc) is 2.68. The van der Waals surface area contributed by atoms with Crippen molar-refractivity contribution in [1.82, 2.24) is 15.3 Å². The van der Waals surface area contributed by atoms with Crippen molar-refractivity contribution in [2.45, 2.75) is 13.0 Å². The second-order valence-corrected chi connectivity index (χ2v) is 3.34. The van der Waals surface area contributed by atoms with Crippen LogP contribution in [0.4, 0.5) is 0 Å². The van der Waals surface area contributed by atoms with Gasteiger partial charge in [-0.2, -0.15) is 0 Å². The monoisotopic (exact) mass is 203 g/mol. The molecule has 0 aliphatic heterocycles. The second kappa shape index (κ2) is 4.23. The minimum absolute atomic E-state index is 0.0381. The predicted molar refractivity (Wildman–Crippen MR) is 56.4 cm³/mol. The summed E-state index contributed by atoms with van der Waals surface area (Å²) < 4.78 is 5.28. The molecule has 1 N–H and O–H groups in total. The molecule has 4 heteroatoms. The SMILES string of the molecule is CNC(c1coc(C)c1)c1cnccn1. The van der Waals surface area contributed by atoms with Crippen LogP contribution in [0.5, 0.6) is 0 Å². The van der Waals surface area contributed by atoms with Crippen LogP contribution in [-0.2, 0) is 0 Å². The van der Waals surface area contributed by atoms with Crippen molar-refractivity contribution in [1.29, 1.82) is 0 Å². The Balaban J connectivity index is 2.33. The molecule has 0 radical (unpaired) electrons. The minimum atomic E-state index is 0.0381. The van der Waals surface area contributed by atoms with Gasteiger partial charge in [0, 0.05) is 18.0 Å². The molecule has 2 heterocycles. The maximum Gasteiger partial charge on any atom is 0.101 e. The largest absolute Gasteiger partial charge is 0.469 e. The third kappa shape index (κ3) is 2.05. The molecule has 2 aromatic heterocycles. The van der Waals surface area contributed by atoms with E-state index in [9.17, 15) is 0 Å².